The van der Waals surface area contributed by atoms with Crippen molar-refractivity contribution in [3.05, 3.63) is 28.2 Å². The minimum absolute atomic E-state index is 0.0152. The highest BCUT2D eigenvalue weighted by Crippen LogP contribution is 2.38. The highest BCUT2D eigenvalue weighted by molar-refractivity contribution is 9.10. The van der Waals surface area contributed by atoms with E-state index in [1.165, 1.54) is 19.9 Å². The molecule has 1 aliphatic heterocycles. The lowest BCUT2D eigenvalue weighted by Gasteiger charge is -2.37. The summed E-state index contributed by atoms with van der Waals surface area (Å²) < 4.78 is 37.9. The van der Waals surface area contributed by atoms with E-state index in [2.05, 4.69) is 25.9 Å². The molecule has 1 unspecified atom stereocenters. The van der Waals surface area contributed by atoms with E-state index >= 15 is 0 Å². The van der Waals surface area contributed by atoms with Crippen LogP contribution in [-0.2, 0) is 15.4 Å². The third-order valence-corrected chi connectivity index (χ3v) is 6.77. The van der Waals surface area contributed by atoms with Crippen LogP contribution in [0.15, 0.2) is 21.9 Å². The highest BCUT2D eigenvalue weighted by atomic mass is 79.9. The van der Waals surface area contributed by atoms with E-state index in [0.29, 0.717) is 4.60 Å². The fraction of sp³-hybridized carbons (Fsp3) is 0.500. The van der Waals surface area contributed by atoms with Crippen LogP contribution in [0.1, 0.15) is 26.3 Å². The maximum absolute atomic E-state index is 14.0. The first-order valence-corrected chi connectivity index (χ1v) is 8.34. The number of nitrogens with zero attached hydrogens (tertiary/aromatic N) is 2. The largest absolute Gasteiger partial charge is 0.386 e. The van der Waals surface area contributed by atoms with Crippen LogP contribution in [0.3, 0.4) is 0 Å². The van der Waals surface area contributed by atoms with E-state index in [0.717, 1.165) is 6.20 Å². The molecule has 0 spiro atoms. The van der Waals surface area contributed by atoms with Gasteiger partial charge in [0, 0.05) is 5.56 Å². The lowest BCUT2D eigenvalue weighted by Crippen LogP contribution is -2.55. The molecule has 8 heteroatoms. The zero-order chi connectivity index (χ0) is 15.3. The van der Waals surface area contributed by atoms with E-state index in [1.807, 2.05) is 0 Å². The van der Waals surface area contributed by atoms with Gasteiger partial charge in [0.1, 0.15) is 26.5 Å². The van der Waals surface area contributed by atoms with E-state index in [1.54, 1.807) is 6.92 Å². The Morgan fingerprint density at radius 1 is 1.40 bits per heavy atom. The number of aliphatic imine (C=N–C) groups is 1. The Morgan fingerprint density at radius 2 is 2.00 bits per heavy atom. The second-order valence-corrected chi connectivity index (χ2v) is 8.88. The van der Waals surface area contributed by atoms with Crippen molar-refractivity contribution in [1.29, 1.82) is 0 Å². The Kier molecular flexibility index (Phi) is 3.45. The summed E-state index contributed by atoms with van der Waals surface area (Å²) in [6, 6.07) is 1.43. The van der Waals surface area contributed by atoms with Crippen LogP contribution in [0.5, 0.6) is 0 Å². The van der Waals surface area contributed by atoms with Gasteiger partial charge in [0.25, 0.3) is 0 Å². The van der Waals surface area contributed by atoms with E-state index in [9.17, 15) is 12.8 Å². The number of nitrogens with two attached hydrogens (primary N) is 1. The third kappa shape index (κ3) is 2.24. The monoisotopic (exact) mass is 363 g/mol. The molecule has 0 aromatic carbocycles. The molecule has 1 aromatic rings. The van der Waals surface area contributed by atoms with Gasteiger partial charge >= 0.3 is 0 Å². The van der Waals surface area contributed by atoms with Crippen LogP contribution in [0, 0.1) is 5.82 Å². The highest BCUT2D eigenvalue weighted by Gasteiger charge is 2.49. The van der Waals surface area contributed by atoms with Crippen molar-refractivity contribution in [2.24, 2.45) is 10.7 Å². The number of rotatable bonds is 1. The molecule has 1 atom stereocenters. The molecule has 0 radical (unpaired) electrons. The van der Waals surface area contributed by atoms with E-state index < -0.39 is 25.9 Å². The fourth-order valence-electron chi connectivity index (χ4n) is 2.11. The Hall–Kier alpha value is -1.02. The average Bonchev–Trinajstić information content (AvgIpc) is 2.29. The van der Waals surface area contributed by atoms with Gasteiger partial charge in [-0.2, -0.15) is 0 Å². The Balaban J connectivity index is 2.69. The van der Waals surface area contributed by atoms with Gasteiger partial charge in [-0.25, -0.2) is 17.8 Å². The first-order valence-electron chi connectivity index (χ1n) is 5.89. The molecule has 0 aliphatic carbocycles. The summed E-state index contributed by atoms with van der Waals surface area (Å²) in [6.07, 6.45) is 1.03. The third-order valence-electron chi connectivity index (χ3n) is 3.63. The lowest BCUT2D eigenvalue weighted by molar-refractivity contribution is 0.473. The van der Waals surface area contributed by atoms with Crippen molar-refractivity contribution in [1.82, 2.24) is 4.98 Å². The number of aromatic nitrogens is 1. The van der Waals surface area contributed by atoms with Crippen LogP contribution in [0.2, 0.25) is 0 Å². The van der Waals surface area contributed by atoms with Crippen LogP contribution in [0.4, 0.5) is 4.39 Å². The van der Waals surface area contributed by atoms with Gasteiger partial charge in [0.15, 0.2) is 9.84 Å². The second kappa shape index (κ2) is 4.49. The van der Waals surface area contributed by atoms with E-state index in [4.69, 9.17) is 5.73 Å². The molecule has 5 nitrogen and oxygen atoms in total. The van der Waals surface area contributed by atoms with E-state index in [-0.39, 0.29) is 17.2 Å². The van der Waals surface area contributed by atoms with Crippen LogP contribution in [0.25, 0.3) is 0 Å². The van der Waals surface area contributed by atoms with Crippen molar-refractivity contribution in [2.75, 3.05) is 5.75 Å². The second-order valence-electron chi connectivity index (χ2n) is 5.53. The number of hydrogen-bond donors (Lipinski definition) is 1. The summed E-state index contributed by atoms with van der Waals surface area (Å²) in [5.74, 6) is -0.929. The van der Waals surface area contributed by atoms with Gasteiger partial charge in [-0.1, -0.05) is 0 Å². The average molecular weight is 364 g/mol. The quantitative estimate of drug-likeness (QED) is 0.770. The number of amidine groups is 1. The number of hydrogen-bond acceptors (Lipinski definition) is 5. The molecule has 0 saturated heterocycles. The molecule has 2 heterocycles. The molecule has 0 saturated carbocycles. The molecule has 0 bridgehead atoms. The SMILES string of the molecule is CC1(c2cc(Br)ncc2F)CS(=O)(=O)C(C)(C)C(N)=N1. The number of halogens is 2. The van der Waals surface area contributed by atoms with Gasteiger partial charge in [0.05, 0.1) is 11.9 Å². The summed E-state index contributed by atoms with van der Waals surface area (Å²) in [5.41, 5.74) is 4.71. The van der Waals surface area contributed by atoms with Gasteiger partial charge < -0.3 is 5.73 Å². The summed E-state index contributed by atoms with van der Waals surface area (Å²) >= 11 is 3.15. The maximum atomic E-state index is 14.0. The minimum Gasteiger partial charge on any atom is -0.386 e. The molecule has 1 aliphatic rings. The summed E-state index contributed by atoms with van der Waals surface area (Å²) in [4.78, 5) is 8.02. The van der Waals surface area contributed by atoms with Crippen molar-refractivity contribution >= 4 is 31.6 Å². The predicted molar refractivity (Wildman–Crippen MR) is 78.7 cm³/mol. The van der Waals surface area contributed by atoms with Gasteiger partial charge in [-0.3, -0.25) is 4.99 Å². The zero-order valence-electron chi connectivity index (χ0n) is 11.3. The van der Waals surface area contributed by atoms with Crippen LogP contribution < -0.4 is 5.73 Å². The molecule has 1 aromatic heterocycles. The molecular formula is C12H15BrFN3O2S. The molecule has 110 valence electrons. The molecule has 20 heavy (non-hydrogen) atoms. The molecular weight excluding hydrogens is 349 g/mol. The predicted octanol–water partition coefficient (Wildman–Crippen LogP) is 1.76. The van der Waals surface area contributed by atoms with Gasteiger partial charge in [0.2, 0.25) is 0 Å². The fourth-order valence-corrected chi connectivity index (χ4v) is 4.12. The smallest absolute Gasteiger partial charge is 0.165 e. The molecule has 0 fully saturated rings. The molecule has 0 amide bonds. The number of sulfone groups is 1. The lowest BCUT2D eigenvalue weighted by atomic mass is 9.94. The Morgan fingerprint density at radius 3 is 2.55 bits per heavy atom. The maximum Gasteiger partial charge on any atom is 0.165 e. The van der Waals surface area contributed by atoms with Crippen molar-refractivity contribution in [3.63, 3.8) is 0 Å². The first kappa shape index (κ1) is 15.4. The summed E-state index contributed by atoms with van der Waals surface area (Å²) in [6.45, 7) is 4.55. The number of pyridine rings is 1. The van der Waals surface area contributed by atoms with Crippen LogP contribution in [-0.4, -0.2) is 29.7 Å². The topological polar surface area (TPSA) is 85.4 Å². The Bertz CT molecular complexity index is 703. The van der Waals surface area contributed by atoms with Crippen molar-refractivity contribution < 1.29 is 12.8 Å². The summed E-state index contributed by atoms with van der Waals surface area (Å²) in [5, 5.41) is 0. The Labute approximate surface area is 125 Å². The van der Waals surface area contributed by atoms with Crippen LogP contribution >= 0.6 is 15.9 Å². The zero-order valence-corrected chi connectivity index (χ0v) is 13.7. The van der Waals surface area contributed by atoms with Gasteiger partial charge in [-0.15, -0.1) is 0 Å². The normalized spacial score (nSPS) is 27.9. The van der Waals surface area contributed by atoms with Crippen molar-refractivity contribution in [3.8, 4) is 0 Å². The first-order chi connectivity index (χ1) is 8.99. The molecule has 2 N–H and O–H groups in total. The van der Waals surface area contributed by atoms with Crippen molar-refractivity contribution in [2.45, 2.75) is 31.1 Å². The minimum atomic E-state index is -3.55. The standard InChI is InChI=1S/C12H15BrFN3O2S/c1-11(2)10(15)17-12(3,6-20(11,18)19)7-4-9(13)16-5-8(7)14/h4-5H,6H2,1-3H3,(H2,15,17). The summed E-state index contributed by atoms with van der Waals surface area (Å²) in [7, 11) is -3.55. The van der Waals surface area contributed by atoms with Gasteiger partial charge in [-0.05, 0) is 42.8 Å². The molecule has 2 rings (SSSR count).